The second kappa shape index (κ2) is 8.34. The molecule has 3 rings (SSSR count). The molecule has 1 aromatic heterocycles. The molecule has 0 bridgehead atoms. The molecule has 2 fully saturated rings. The average Bonchev–Trinajstić information content (AvgIpc) is 3.21. The van der Waals surface area contributed by atoms with Gasteiger partial charge >= 0.3 is 0 Å². The highest BCUT2D eigenvalue weighted by Gasteiger charge is 2.41. The molecule has 1 amide bonds. The highest BCUT2D eigenvalue weighted by atomic mass is 16.5. The summed E-state index contributed by atoms with van der Waals surface area (Å²) in [5.74, 6) is 2.54. The SMILES string of the molecule is CCc1ccc(CN2CCO[C@H]3C[C@@H](COCC(=O)N(C)C)C[C@@H]32)o1. The number of amides is 1. The van der Waals surface area contributed by atoms with Gasteiger partial charge in [0.1, 0.15) is 18.1 Å². The molecule has 6 heteroatoms. The van der Waals surface area contributed by atoms with Crippen molar-refractivity contribution in [3.05, 3.63) is 23.7 Å². The summed E-state index contributed by atoms with van der Waals surface area (Å²) >= 11 is 0. The van der Waals surface area contributed by atoms with Gasteiger partial charge in [0.05, 0.1) is 25.9 Å². The van der Waals surface area contributed by atoms with Crippen molar-refractivity contribution in [2.24, 2.45) is 5.92 Å². The molecule has 1 aliphatic heterocycles. The maximum absolute atomic E-state index is 11.6. The van der Waals surface area contributed by atoms with Gasteiger partial charge in [-0.15, -0.1) is 0 Å². The minimum atomic E-state index is 0.0119. The predicted molar refractivity (Wildman–Crippen MR) is 94.3 cm³/mol. The third-order valence-electron chi connectivity index (χ3n) is 5.25. The fourth-order valence-electron chi connectivity index (χ4n) is 3.80. The first-order valence-corrected chi connectivity index (χ1v) is 9.28. The lowest BCUT2D eigenvalue weighted by molar-refractivity contribution is -0.134. The highest BCUT2D eigenvalue weighted by Crippen LogP contribution is 2.35. The number of ether oxygens (including phenoxy) is 2. The van der Waals surface area contributed by atoms with E-state index < -0.39 is 0 Å². The summed E-state index contributed by atoms with van der Waals surface area (Å²) in [6.07, 6.45) is 3.27. The third kappa shape index (κ3) is 4.63. The first kappa shape index (κ1) is 18.4. The van der Waals surface area contributed by atoms with Crippen LogP contribution in [0.4, 0.5) is 0 Å². The van der Waals surface area contributed by atoms with Crippen molar-refractivity contribution < 1.29 is 18.7 Å². The van der Waals surface area contributed by atoms with Crippen molar-refractivity contribution in [2.75, 3.05) is 40.5 Å². The lowest BCUT2D eigenvalue weighted by Crippen LogP contribution is -2.47. The van der Waals surface area contributed by atoms with Crippen LogP contribution in [0.1, 0.15) is 31.3 Å². The lowest BCUT2D eigenvalue weighted by atomic mass is 10.1. The van der Waals surface area contributed by atoms with Gasteiger partial charge in [0.25, 0.3) is 0 Å². The Morgan fingerprint density at radius 3 is 2.84 bits per heavy atom. The summed E-state index contributed by atoms with van der Waals surface area (Å²) < 4.78 is 17.5. The number of fused-ring (bicyclic) bond motifs is 1. The van der Waals surface area contributed by atoms with E-state index in [0.29, 0.717) is 18.6 Å². The summed E-state index contributed by atoms with van der Waals surface area (Å²) in [5, 5.41) is 0. The standard InChI is InChI=1S/C19H30N2O4/c1-4-15-5-6-16(25-15)11-21-7-8-24-18-10-14(9-17(18)21)12-23-13-19(22)20(2)3/h5-6,14,17-18H,4,7-13H2,1-3H3/t14-,17-,18-/m0/s1. The molecule has 0 aromatic carbocycles. The number of hydrogen-bond donors (Lipinski definition) is 0. The van der Waals surface area contributed by atoms with Gasteiger partial charge < -0.3 is 18.8 Å². The number of morpholine rings is 1. The van der Waals surface area contributed by atoms with Crippen LogP contribution in [-0.2, 0) is 27.2 Å². The molecule has 2 heterocycles. The molecule has 1 saturated heterocycles. The number of aryl methyl sites for hydroxylation is 1. The minimum absolute atomic E-state index is 0.0119. The number of hydrogen-bond acceptors (Lipinski definition) is 5. The van der Waals surface area contributed by atoms with E-state index >= 15 is 0 Å². The Morgan fingerprint density at radius 1 is 1.32 bits per heavy atom. The summed E-state index contributed by atoms with van der Waals surface area (Å²) in [4.78, 5) is 15.7. The van der Waals surface area contributed by atoms with Crippen LogP contribution in [0.25, 0.3) is 0 Å². The number of furan rings is 1. The van der Waals surface area contributed by atoms with Crippen LogP contribution in [0.15, 0.2) is 16.5 Å². The second-order valence-corrected chi connectivity index (χ2v) is 7.31. The molecule has 2 aliphatic rings. The maximum Gasteiger partial charge on any atom is 0.248 e. The van der Waals surface area contributed by atoms with Crippen LogP contribution in [0.3, 0.4) is 0 Å². The number of likely N-dealkylation sites (N-methyl/N-ethyl adjacent to an activating group) is 1. The smallest absolute Gasteiger partial charge is 0.248 e. The topological polar surface area (TPSA) is 55.2 Å². The monoisotopic (exact) mass is 350 g/mol. The summed E-state index contributed by atoms with van der Waals surface area (Å²) in [6.45, 7) is 5.46. The van der Waals surface area contributed by atoms with Crippen molar-refractivity contribution in [1.82, 2.24) is 9.80 Å². The zero-order valence-corrected chi connectivity index (χ0v) is 15.6. The van der Waals surface area contributed by atoms with Gasteiger partial charge in [0.15, 0.2) is 0 Å². The van der Waals surface area contributed by atoms with Gasteiger partial charge in [-0.1, -0.05) is 6.92 Å². The van der Waals surface area contributed by atoms with E-state index in [4.69, 9.17) is 13.9 Å². The van der Waals surface area contributed by atoms with Crippen molar-refractivity contribution in [3.8, 4) is 0 Å². The van der Waals surface area contributed by atoms with E-state index in [1.807, 2.05) is 0 Å². The quantitative estimate of drug-likeness (QED) is 0.752. The number of rotatable bonds is 7. The largest absolute Gasteiger partial charge is 0.465 e. The number of carbonyl (C=O) groups excluding carboxylic acids is 1. The van der Waals surface area contributed by atoms with Crippen molar-refractivity contribution in [3.63, 3.8) is 0 Å². The highest BCUT2D eigenvalue weighted by molar-refractivity contribution is 5.76. The zero-order valence-electron chi connectivity index (χ0n) is 15.6. The molecular weight excluding hydrogens is 320 g/mol. The molecule has 1 aliphatic carbocycles. The number of carbonyl (C=O) groups is 1. The Kier molecular flexibility index (Phi) is 6.15. The van der Waals surface area contributed by atoms with Gasteiger partial charge in [-0.25, -0.2) is 0 Å². The Morgan fingerprint density at radius 2 is 2.12 bits per heavy atom. The molecule has 140 valence electrons. The summed E-state index contributed by atoms with van der Waals surface area (Å²) in [6, 6.07) is 4.58. The molecule has 0 radical (unpaired) electrons. The Bertz CT molecular complexity index is 572. The fraction of sp³-hybridized carbons (Fsp3) is 0.737. The summed E-state index contributed by atoms with van der Waals surface area (Å²) in [7, 11) is 3.50. The molecule has 0 N–H and O–H groups in total. The van der Waals surface area contributed by atoms with Crippen LogP contribution < -0.4 is 0 Å². The van der Waals surface area contributed by atoms with E-state index in [1.165, 1.54) is 0 Å². The van der Waals surface area contributed by atoms with Crippen LogP contribution in [-0.4, -0.2) is 68.3 Å². The number of nitrogens with zero attached hydrogens (tertiary/aromatic N) is 2. The van der Waals surface area contributed by atoms with E-state index in [2.05, 4.69) is 24.0 Å². The Hall–Kier alpha value is -1.37. The molecular formula is C19H30N2O4. The van der Waals surface area contributed by atoms with E-state index in [-0.39, 0.29) is 18.6 Å². The van der Waals surface area contributed by atoms with Gasteiger partial charge in [0, 0.05) is 33.1 Å². The van der Waals surface area contributed by atoms with Crippen LogP contribution in [0.2, 0.25) is 0 Å². The molecule has 0 unspecified atom stereocenters. The Balaban J connectivity index is 1.50. The molecule has 1 saturated carbocycles. The van der Waals surface area contributed by atoms with Crippen LogP contribution >= 0.6 is 0 Å². The van der Waals surface area contributed by atoms with Gasteiger partial charge in [-0.05, 0) is 30.9 Å². The van der Waals surface area contributed by atoms with Gasteiger partial charge in [-0.3, -0.25) is 9.69 Å². The van der Waals surface area contributed by atoms with E-state index in [0.717, 1.165) is 50.5 Å². The van der Waals surface area contributed by atoms with Crippen LogP contribution in [0, 0.1) is 5.92 Å². The van der Waals surface area contributed by atoms with Gasteiger partial charge in [0.2, 0.25) is 5.91 Å². The maximum atomic E-state index is 11.6. The molecule has 1 aromatic rings. The first-order chi connectivity index (χ1) is 12.1. The fourth-order valence-corrected chi connectivity index (χ4v) is 3.80. The second-order valence-electron chi connectivity index (χ2n) is 7.31. The molecule has 0 spiro atoms. The average molecular weight is 350 g/mol. The molecule has 25 heavy (non-hydrogen) atoms. The van der Waals surface area contributed by atoms with Crippen molar-refractivity contribution >= 4 is 5.91 Å². The van der Waals surface area contributed by atoms with Crippen molar-refractivity contribution in [2.45, 2.75) is 44.9 Å². The predicted octanol–water partition coefficient (Wildman–Crippen LogP) is 1.93. The lowest BCUT2D eigenvalue weighted by Gasteiger charge is -2.37. The normalized spacial score (nSPS) is 26.6. The van der Waals surface area contributed by atoms with Crippen molar-refractivity contribution in [1.29, 1.82) is 0 Å². The van der Waals surface area contributed by atoms with E-state index in [1.54, 1.807) is 19.0 Å². The first-order valence-electron chi connectivity index (χ1n) is 9.28. The van der Waals surface area contributed by atoms with Crippen LogP contribution in [0.5, 0.6) is 0 Å². The van der Waals surface area contributed by atoms with Gasteiger partial charge in [-0.2, -0.15) is 0 Å². The Labute approximate surface area is 150 Å². The molecule has 6 nitrogen and oxygen atoms in total. The minimum Gasteiger partial charge on any atom is -0.465 e. The summed E-state index contributed by atoms with van der Waals surface area (Å²) in [5.41, 5.74) is 0. The van der Waals surface area contributed by atoms with E-state index in [9.17, 15) is 4.79 Å². The third-order valence-corrected chi connectivity index (χ3v) is 5.25. The molecule has 3 atom stereocenters. The zero-order chi connectivity index (χ0) is 17.8.